The molecule has 0 heterocycles. The SMILES string of the molecule is CC(C)[C@H](NC(=O)[C@@H](NC(=O)OC(C)(C)C)c1ccccc1)[C@@H](O)C(F)(F)C(=O)NCC(F)(F)F. The van der Waals surface area contributed by atoms with Crippen LogP contribution >= 0.6 is 0 Å². The number of benzene rings is 1. The summed E-state index contributed by atoms with van der Waals surface area (Å²) in [5.74, 6) is -8.94. The van der Waals surface area contributed by atoms with Crippen molar-refractivity contribution in [3.05, 3.63) is 35.9 Å². The molecule has 1 aromatic rings. The van der Waals surface area contributed by atoms with E-state index in [1.165, 1.54) is 26.0 Å². The molecule has 0 aliphatic carbocycles. The van der Waals surface area contributed by atoms with Crippen LogP contribution in [0.2, 0.25) is 0 Å². The lowest BCUT2D eigenvalue weighted by atomic mass is 9.93. The van der Waals surface area contributed by atoms with Crippen LogP contribution in [0.4, 0.5) is 26.7 Å². The van der Waals surface area contributed by atoms with Gasteiger partial charge in [-0.15, -0.1) is 0 Å². The summed E-state index contributed by atoms with van der Waals surface area (Å²) in [5, 5.41) is 15.8. The molecule has 1 aromatic carbocycles. The van der Waals surface area contributed by atoms with Crippen LogP contribution in [0.15, 0.2) is 30.3 Å². The van der Waals surface area contributed by atoms with Gasteiger partial charge in [-0.1, -0.05) is 44.2 Å². The number of alkyl carbamates (subject to hydrolysis) is 1. The maximum atomic E-state index is 14.5. The zero-order chi connectivity index (χ0) is 27.2. The van der Waals surface area contributed by atoms with Crippen molar-refractivity contribution in [3.63, 3.8) is 0 Å². The number of aliphatic hydroxyl groups is 1. The van der Waals surface area contributed by atoms with E-state index < -0.39 is 66.3 Å². The number of amides is 3. The van der Waals surface area contributed by atoms with Crippen LogP contribution in [-0.2, 0) is 14.3 Å². The average molecular weight is 511 g/mol. The molecule has 13 heteroatoms. The summed E-state index contributed by atoms with van der Waals surface area (Å²) >= 11 is 0. The predicted molar refractivity (Wildman–Crippen MR) is 115 cm³/mol. The van der Waals surface area contributed by atoms with Gasteiger partial charge in [0.05, 0.1) is 6.04 Å². The first kappa shape index (κ1) is 30.1. The van der Waals surface area contributed by atoms with Crippen LogP contribution in [0.3, 0.4) is 0 Å². The number of nitrogens with one attached hydrogen (secondary N) is 3. The maximum absolute atomic E-state index is 14.5. The fraction of sp³-hybridized carbons (Fsp3) is 0.591. The molecule has 0 bridgehead atoms. The lowest BCUT2D eigenvalue weighted by Gasteiger charge is -2.33. The van der Waals surface area contributed by atoms with Crippen molar-refractivity contribution in [2.75, 3.05) is 6.54 Å². The zero-order valence-electron chi connectivity index (χ0n) is 19.9. The molecule has 0 radical (unpaired) electrons. The van der Waals surface area contributed by atoms with Gasteiger partial charge in [-0.2, -0.15) is 22.0 Å². The van der Waals surface area contributed by atoms with E-state index in [1.807, 2.05) is 0 Å². The zero-order valence-corrected chi connectivity index (χ0v) is 19.9. The highest BCUT2D eigenvalue weighted by atomic mass is 19.4. The Morgan fingerprint density at radius 1 is 0.971 bits per heavy atom. The van der Waals surface area contributed by atoms with Crippen molar-refractivity contribution < 1.29 is 46.2 Å². The number of carbonyl (C=O) groups excluding carboxylic acids is 3. The van der Waals surface area contributed by atoms with Gasteiger partial charge in [-0.3, -0.25) is 9.59 Å². The van der Waals surface area contributed by atoms with Crippen LogP contribution < -0.4 is 16.0 Å². The van der Waals surface area contributed by atoms with Crippen molar-refractivity contribution >= 4 is 17.9 Å². The second-order valence-corrected chi connectivity index (χ2v) is 9.13. The second kappa shape index (κ2) is 11.6. The third kappa shape index (κ3) is 9.67. The smallest absolute Gasteiger partial charge is 0.408 e. The van der Waals surface area contributed by atoms with Gasteiger partial charge in [-0.05, 0) is 32.3 Å². The molecule has 0 unspecified atom stereocenters. The molecular weight excluding hydrogens is 481 g/mol. The number of halogens is 5. The van der Waals surface area contributed by atoms with E-state index in [-0.39, 0.29) is 5.56 Å². The Bertz CT molecular complexity index is 872. The van der Waals surface area contributed by atoms with Gasteiger partial charge in [0.15, 0.2) is 0 Å². The van der Waals surface area contributed by atoms with E-state index in [0.717, 1.165) is 5.32 Å². The van der Waals surface area contributed by atoms with Crippen molar-refractivity contribution in [2.45, 2.75) is 70.5 Å². The molecule has 3 amide bonds. The lowest BCUT2D eigenvalue weighted by Crippen LogP contribution is -2.60. The Kier molecular flexibility index (Phi) is 10.0. The van der Waals surface area contributed by atoms with Gasteiger partial charge < -0.3 is 25.8 Å². The average Bonchev–Trinajstić information content (AvgIpc) is 2.71. The third-order valence-corrected chi connectivity index (χ3v) is 4.55. The van der Waals surface area contributed by atoms with E-state index in [1.54, 1.807) is 39.0 Å². The lowest BCUT2D eigenvalue weighted by molar-refractivity contribution is -0.174. The number of carbonyl (C=O) groups is 3. The summed E-state index contributed by atoms with van der Waals surface area (Å²) in [6.07, 6.45) is -8.81. The Labute approximate surface area is 199 Å². The molecular formula is C22H30F5N3O5. The normalized spacial score (nSPS) is 15.1. The van der Waals surface area contributed by atoms with Crippen LogP contribution in [0.5, 0.6) is 0 Å². The summed E-state index contributed by atoms with van der Waals surface area (Å²) in [6, 6.07) is 4.48. The predicted octanol–water partition coefficient (Wildman–Crippen LogP) is 3.07. The van der Waals surface area contributed by atoms with E-state index in [0.29, 0.717) is 0 Å². The van der Waals surface area contributed by atoms with Gasteiger partial charge in [0.25, 0.3) is 5.91 Å². The second-order valence-electron chi connectivity index (χ2n) is 9.13. The number of hydrogen-bond donors (Lipinski definition) is 4. The largest absolute Gasteiger partial charge is 0.444 e. The van der Waals surface area contributed by atoms with E-state index in [4.69, 9.17) is 4.74 Å². The summed E-state index contributed by atoms with van der Waals surface area (Å²) < 4.78 is 71.0. The molecule has 1 rings (SSSR count). The van der Waals surface area contributed by atoms with Crippen molar-refractivity contribution in [1.29, 1.82) is 0 Å². The molecule has 35 heavy (non-hydrogen) atoms. The molecule has 0 saturated carbocycles. The molecule has 0 fully saturated rings. The van der Waals surface area contributed by atoms with E-state index in [9.17, 15) is 41.4 Å². The minimum Gasteiger partial charge on any atom is -0.444 e. The summed E-state index contributed by atoms with van der Waals surface area (Å²) in [5.41, 5.74) is -0.660. The van der Waals surface area contributed by atoms with Crippen LogP contribution in [0.25, 0.3) is 0 Å². The van der Waals surface area contributed by atoms with Crippen molar-refractivity contribution in [1.82, 2.24) is 16.0 Å². The molecule has 0 aromatic heterocycles. The van der Waals surface area contributed by atoms with Crippen LogP contribution in [0, 0.1) is 5.92 Å². The van der Waals surface area contributed by atoms with Crippen molar-refractivity contribution in [3.8, 4) is 0 Å². The first-order valence-electron chi connectivity index (χ1n) is 10.6. The number of hydrogen-bond acceptors (Lipinski definition) is 5. The van der Waals surface area contributed by atoms with Gasteiger partial charge in [0.1, 0.15) is 24.3 Å². The minimum absolute atomic E-state index is 0.252. The molecule has 198 valence electrons. The number of ether oxygens (including phenoxy) is 1. The number of alkyl halides is 5. The van der Waals surface area contributed by atoms with Crippen LogP contribution in [0.1, 0.15) is 46.2 Å². The highest BCUT2D eigenvalue weighted by Gasteiger charge is 2.52. The Morgan fingerprint density at radius 2 is 1.51 bits per heavy atom. The standard InChI is InChI=1S/C22H30F5N3O5/c1-12(2)14(16(31)22(26,27)18(33)28-11-21(23,24)25)29-17(32)15(13-9-7-6-8-10-13)30-19(34)35-20(3,4)5/h6-10,12,14-16,31H,11H2,1-5H3,(H,28,33)(H,29,32)(H,30,34)/t14-,15-,16+/m0/s1. The molecule has 3 atom stereocenters. The van der Waals surface area contributed by atoms with Gasteiger partial charge in [-0.25, -0.2) is 4.79 Å². The van der Waals surface area contributed by atoms with Gasteiger partial charge in [0.2, 0.25) is 5.91 Å². The van der Waals surface area contributed by atoms with Crippen molar-refractivity contribution in [2.24, 2.45) is 5.92 Å². The molecule has 0 aliphatic rings. The highest BCUT2D eigenvalue weighted by molar-refractivity contribution is 5.88. The van der Waals surface area contributed by atoms with E-state index in [2.05, 4.69) is 10.6 Å². The number of rotatable bonds is 9. The fourth-order valence-corrected chi connectivity index (χ4v) is 2.89. The summed E-state index contributed by atoms with van der Waals surface area (Å²) in [6.45, 7) is 5.42. The number of aliphatic hydroxyl groups excluding tert-OH is 1. The first-order chi connectivity index (χ1) is 15.8. The Hall–Kier alpha value is -2.96. The first-order valence-corrected chi connectivity index (χ1v) is 10.6. The maximum Gasteiger partial charge on any atom is 0.408 e. The third-order valence-electron chi connectivity index (χ3n) is 4.55. The molecule has 4 N–H and O–H groups in total. The highest BCUT2D eigenvalue weighted by Crippen LogP contribution is 2.26. The minimum atomic E-state index is -4.95. The quantitative estimate of drug-likeness (QED) is 0.381. The Morgan fingerprint density at radius 3 is 1.97 bits per heavy atom. The van der Waals surface area contributed by atoms with Crippen LogP contribution in [-0.4, -0.2) is 59.4 Å². The Balaban J connectivity index is 3.14. The fourth-order valence-electron chi connectivity index (χ4n) is 2.89. The van der Waals surface area contributed by atoms with E-state index >= 15 is 0 Å². The molecule has 0 aliphatic heterocycles. The van der Waals surface area contributed by atoms with Gasteiger partial charge >= 0.3 is 18.2 Å². The molecule has 0 saturated heterocycles. The molecule has 8 nitrogen and oxygen atoms in total. The summed E-state index contributed by atoms with van der Waals surface area (Å²) in [7, 11) is 0. The monoisotopic (exact) mass is 511 g/mol. The van der Waals surface area contributed by atoms with Gasteiger partial charge in [0, 0.05) is 0 Å². The molecule has 0 spiro atoms. The topological polar surface area (TPSA) is 117 Å². The summed E-state index contributed by atoms with van der Waals surface area (Å²) in [4.78, 5) is 37.0.